The molecule has 0 unspecified atom stereocenters. The number of sulfone groups is 1. The molecule has 0 atom stereocenters. The summed E-state index contributed by atoms with van der Waals surface area (Å²) in [5, 5.41) is 3.05. The maximum atomic E-state index is 11.3. The Bertz CT molecular complexity index is 248. The van der Waals surface area contributed by atoms with Gasteiger partial charge in [0.15, 0.2) is 9.84 Å². The normalized spacial score (nSPS) is 18.1. The lowest BCUT2D eigenvalue weighted by atomic mass is 10.2. The van der Waals surface area contributed by atoms with Crippen molar-refractivity contribution in [3.05, 3.63) is 0 Å². The standard InChI is InChI=1S/C8H17NO4S/c1-12-2-4-14(10,11)5-3-13-8-6-9-7-8/h8-9H,2-7H2,1H3. The van der Waals surface area contributed by atoms with Crippen molar-refractivity contribution in [2.75, 3.05) is 44.9 Å². The van der Waals surface area contributed by atoms with E-state index >= 15 is 0 Å². The van der Waals surface area contributed by atoms with E-state index in [2.05, 4.69) is 5.32 Å². The molecule has 1 aliphatic rings. The summed E-state index contributed by atoms with van der Waals surface area (Å²) in [6.07, 6.45) is 0.202. The Morgan fingerprint density at radius 1 is 1.29 bits per heavy atom. The highest BCUT2D eigenvalue weighted by Crippen LogP contribution is 1.99. The smallest absolute Gasteiger partial charge is 0.154 e. The van der Waals surface area contributed by atoms with Gasteiger partial charge in [0.2, 0.25) is 0 Å². The van der Waals surface area contributed by atoms with Crippen LogP contribution in [0.2, 0.25) is 0 Å². The Morgan fingerprint density at radius 3 is 2.43 bits per heavy atom. The fourth-order valence-corrected chi connectivity index (χ4v) is 2.01. The van der Waals surface area contributed by atoms with Crippen molar-refractivity contribution in [3.63, 3.8) is 0 Å². The third kappa shape index (κ3) is 4.36. The Kier molecular flexibility index (Phi) is 4.80. The summed E-state index contributed by atoms with van der Waals surface area (Å²) < 4.78 is 32.6. The molecule has 0 aromatic carbocycles. The molecule has 0 aromatic rings. The average Bonchev–Trinajstić information content (AvgIpc) is 2.06. The molecule has 1 rings (SSSR count). The van der Waals surface area contributed by atoms with Gasteiger partial charge in [-0.05, 0) is 0 Å². The molecular formula is C8H17NO4S. The minimum atomic E-state index is -2.99. The molecule has 1 heterocycles. The van der Waals surface area contributed by atoms with Crippen molar-refractivity contribution >= 4 is 9.84 Å². The van der Waals surface area contributed by atoms with Crippen LogP contribution in [0, 0.1) is 0 Å². The van der Waals surface area contributed by atoms with Crippen LogP contribution in [0.1, 0.15) is 0 Å². The molecule has 0 saturated carbocycles. The molecule has 1 N–H and O–H groups in total. The second-order valence-electron chi connectivity index (χ2n) is 3.30. The van der Waals surface area contributed by atoms with E-state index < -0.39 is 9.84 Å². The van der Waals surface area contributed by atoms with E-state index in [1.54, 1.807) is 0 Å². The fraction of sp³-hybridized carbons (Fsp3) is 1.00. The lowest BCUT2D eigenvalue weighted by molar-refractivity contribution is 0.0280. The monoisotopic (exact) mass is 223 g/mol. The highest BCUT2D eigenvalue weighted by atomic mass is 32.2. The topological polar surface area (TPSA) is 64.6 Å². The van der Waals surface area contributed by atoms with E-state index in [9.17, 15) is 8.42 Å². The quantitative estimate of drug-likeness (QED) is 0.602. The van der Waals surface area contributed by atoms with E-state index in [0.717, 1.165) is 13.1 Å². The number of hydrogen-bond donors (Lipinski definition) is 1. The van der Waals surface area contributed by atoms with Crippen molar-refractivity contribution in [1.29, 1.82) is 0 Å². The molecule has 84 valence electrons. The van der Waals surface area contributed by atoms with Gasteiger partial charge in [0.25, 0.3) is 0 Å². The molecule has 1 aliphatic heterocycles. The van der Waals surface area contributed by atoms with Crippen LogP contribution >= 0.6 is 0 Å². The first-order valence-electron chi connectivity index (χ1n) is 4.66. The van der Waals surface area contributed by atoms with Crippen molar-refractivity contribution in [2.24, 2.45) is 0 Å². The molecule has 1 fully saturated rings. The van der Waals surface area contributed by atoms with Gasteiger partial charge in [-0.2, -0.15) is 0 Å². The van der Waals surface area contributed by atoms with E-state index in [1.807, 2.05) is 0 Å². The second kappa shape index (κ2) is 5.65. The lowest BCUT2D eigenvalue weighted by Gasteiger charge is -2.26. The molecule has 0 bridgehead atoms. The number of ether oxygens (including phenoxy) is 2. The summed E-state index contributed by atoms with van der Waals surface area (Å²) in [4.78, 5) is 0. The third-order valence-electron chi connectivity index (χ3n) is 2.09. The van der Waals surface area contributed by atoms with Crippen LogP contribution in [0.25, 0.3) is 0 Å². The van der Waals surface area contributed by atoms with E-state index in [-0.39, 0.29) is 24.2 Å². The van der Waals surface area contributed by atoms with E-state index in [1.165, 1.54) is 7.11 Å². The number of hydrogen-bond acceptors (Lipinski definition) is 5. The molecule has 0 aliphatic carbocycles. The predicted molar refractivity (Wildman–Crippen MR) is 53.1 cm³/mol. The summed E-state index contributed by atoms with van der Waals surface area (Å²) in [5.74, 6) is 0.169. The van der Waals surface area contributed by atoms with Crippen LogP contribution in [0.5, 0.6) is 0 Å². The van der Waals surface area contributed by atoms with Gasteiger partial charge in [-0.3, -0.25) is 0 Å². The van der Waals surface area contributed by atoms with Crippen molar-refractivity contribution in [2.45, 2.75) is 6.10 Å². The Hall–Kier alpha value is -0.170. The van der Waals surface area contributed by atoms with Crippen LogP contribution < -0.4 is 5.32 Å². The number of methoxy groups -OCH3 is 1. The first kappa shape index (κ1) is 11.9. The van der Waals surface area contributed by atoms with Crippen molar-refractivity contribution in [3.8, 4) is 0 Å². The molecule has 0 aromatic heterocycles. The molecule has 0 amide bonds. The summed E-state index contributed by atoms with van der Waals surface area (Å²) in [6, 6.07) is 0. The predicted octanol–water partition coefficient (Wildman–Crippen LogP) is -0.964. The van der Waals surface area contributed by atoms with Crippen LogP contribution in [0.15, 0.2) is 0 Å². The largest absolute Gasteiger partial charge is 0.384 e. The first-order chi connectivity index (χ1) is 6.64. The molecule has 5 nitrogen and oxygen atoms in total. The Balaban J connectivity index is 2.08. The lowest BCUT2D eigenvalue weighted by Crippen LogP contribution is -2.48. The maximum Gasteiger partial charge on any atom is 0.154 e. The molecular weight excluding hydrogens is 206 g/mol. The third-order valence-corrected chi connectivity index (χ3v) is 3.67. The second-order valence-corrected chi connectivity index (χ2v) is 5.60. The van der Waals surface area contributed by atoms with Crippen molar-refractivity contribution in [1.82, 2.24) is 5.32 Å². The SMILES string of the molecule is COCCS(=O)(=O)CCOC1CNC1. The molecule has 0 spiro atoms. The molecule has 14 heavy (non-hydrogen) atoms. The zero-order valence-corrected chi connectivity index (χ0v) is 9.18. The molecule has 6 heteroatoms. The van der Waals surface area contributed by atoms with Gasteiger partial charge >= 0.3 is 0 Å². The summed E-state index contributed by atoms with van der Waals surface area (Å²) in [5.41, 5.74) is 0. The Morgan fingerprint density at radius 2 is 1.93 bits per heavy atom. The van der Waals surface area contributed by atoms with Crippen LogP contribution in [0.4, 0.5) is 0 Å². The van der Waals surface area contributed by atoms with Crippen LogP contribution in [-0.2, 0) is 19.3 Å². The van der Waals surface area contributed by atoms with E-state index in [0.29, 0.717) is 6.61 Å². The first-order valence-corrected chi connectivity index (χ1v) is 6.48. The van der Waals surface area contributed by atoms with Gasteiger partial charge in [0, 0.05) is 20.2 Å². The van der Waals surface area contributed by atoms with Gasteiger partial charge in [-0.15, -0.1) is 0 Å². The maximum absolute atomic E-state index is 11.3. The van der Waals surface area contributed by atoms with Gasteiger partial charge in [0.1, 0.15) is 0 Å². The molecule has 1 saturated heterocycles. The van der Waals surface area contributed by atoms with Gasteiger partial charge in [-0.25, -0.2) is 8.42 Å². The average molecular weight is 223 g/mol. The molecule has 0 radical (unpaired) electrons. The summed E-state index contributed by atoms with van der Waals surface area (Å²) in [7, 11) is -1.50. The summed E-state index contributed by atoms with van der Waals surface area (Å²) in [6.45, 7) is 2.21. The van der Waals surface area contributed by atoms with Gasteiger partial charge < -0.3 is 14.8 Å². The highest BCUT2D eigenvalue weighted by molar-refractivity contribution is 7.91. The number of rotatable bonds is 7. The van der Waals surface area contributed by atoms with Gasteiger partial charge in [0.05, 0.1) is 30.8 Å². The zero-order chi connectivity index (χ0) is 10.4. The minimum Gasteiger partial charge on any atom is -0.384 e. The summed E-state index contributed by atoms with van der Waals surface area (Å²) >= 11 is 0. The Labute approximate surface area is 84.7 Å². The minimum absolute atomic E-state index is 0.0791. The van der Waals surface area contributed by atoms with Gasteiger partial charge in [-0.1, -0.05) is 0 Å². The number of nitrogens with one attached hydrogen (secondary N) is 1. The van der Waals surface area contributed by atoms with Crippen LogP contribution in [0.3, 0.4) is 0 Å². The highest BCUT2D eigenvalue weighted by Gasteiger charge is 2.18. The fourth-order valence-electron chi connectivity index (χ4n) is 1.03. The zero-order valence-electron chi connectivity index (χ0n) is 8.36. The van der Waals surface area contributed by atoms with E-state index in [4.69, 9.17) is 9.47 Å². The van der Waals surface area contributed by atoms with Crippen LogP contribution in [-0.4, -0.2) is 59.4 Å². The van der Waals surface area contributed by atoms with Crippen molar-refractivity contribution < 1.29 is 17.9 Å².